The van der Waals surface area contributed by atoms with Gasteiger partial charge < -0.3 is 9.84 Å². The smallest absolute Gasteiger partial charge is 0.337 e. The van der Waals surface area contributed by atoms with E-state index in [9.17, 15) is 9.90 Å². The summed E-state index contributed by atoms with van der Waals surface area (Å²) in [5, 5.41) is 10.1. The van der Waals surface area contributed by atoms with E-state index in [1.807, 2.05) is 18.2 Å². The van der Waals surface area contributed by atoms with Crippen molar-refractivity contribution >= 4 is 17.6 Å². The van der Waals surface area contributed by atoms with Crippen molar-refractivity contribution in [3.05, 3.63) is 64.2 Å². The second kappa shape index (κ2) is 5.33. The lowest BCUT2D eigenvalue weighted by molar-refractivity contribution is 0.0600. The summed E-state index contributed by atoms with van der Waals surface area (Å²) in [7, 11) is 1.38. The Hall–Kier alpha value is -2.00. The minimum absolute atomic E-state index is 0.00919. The van der Waals surface area contributed by atoms with Gasteiger partial charge in [-0.05, 0) is 47.7 Å². The number of phenolic OH excluding ortho intramolecular Hbond substituents is 1. The lowest BCUT2D eigenvalue weighted by atomic mass is 9.92. The van der Waals surface area contributed by atoms with Crippen LogP contribution < -0.4 is 0 Å². The van der Waals surface area contributed by atoms with E-state index in [1.165, 1.54) is 12.7 Å². The first-order valence-electron chi connectivity index (χ1n) is 7.13. The fourth-order valence-electron chi connectivity index (χ4n) is 3.04. The van der Waals surface area contributed by atoms with Crippen molar-refractivity contribution in [2.45, 2.75) is 24.7 Å². The Bertz CT molecular complexity index is 724. The normalized spacial score (nSPS) is 23.1. The second-order valence-corrected chi connectivity index (χ2v) is 6.36. The lowest BCUT2D eigenvalue weighted by Gasteiger charge is -2.13. The van der Waals surface area contributed by atoms with Crippen molar-refractivity contribution in [3.8, 4) is 5.75 Å². The van der Waals surface area contributed by atoms with Crippen LogP contribution in [-0.2, 0) is 10.2 Å². The summed E-state index contributed by atoms with van der Waals surface area (Å²) in [5.41, 5.74) is 2.79. The fourth-order valence-corrected chi connectivity index (χ4v) is 3.35. The number of esters is 1. The Balaban J connectivity index is 1.85. The zero-order valence-corrected chi connectivity index (χ0v) is 13.2. The molecule has 0 aromatic heterocycles. The van der Waals surface area contributed by atoms with E-state index in [0.29, 0.717) is 16.5 Å². The first-order valence-corrected chi connectivity index (χ1v) is 7.51. The molecule has 22 heavy (non-hydrogen) atoms. The van der Waals surface area contributed by atoms with Gasteiger partial charge in [0, 0.05) is 10.4 Å². The zero-order valence-electron chi connectivity index (χ0n) is 12.5. The second-order valence-electron chi connectivity index (χ2n) is 5.95. The number of ether oxygens (including phenoxy) is 1. The number of benzene rings is 2. The fraction of sp³-hybridized carbons (Fsp3) is 0.278. The number of phenols is 1. The molecule has 1 aliphatic rings. The van der Waals surface area contributed by atoms with E-state index in [1.54, 1.807) is 24.3 Å². The molecule has 2 aromatic rings. The molecule has 0 saturated heterocycles. The number of hydrogen-bond acceptors (Lipinski definition) is 3. The predicted octanol–water partition coefficient (Wildman–Crippen LogP) is 4.28. The molecule has 0 radical (unpaired) electrons. The van der Waals surface area contributed by atoms with Crippen LogP contribution in [0.25, 0.3) is 0 Å². The largest absolute Gasteiger partial charge is 0.508 e. The van der Waals surface area contributed by atoms with Crippen LogP contribution in [0, 0.1) is 0 Å². The van der Waals surface area contributed by atoms with Gasteiger partial charge in [0.2, 0.25) is 0 Å². The van der Waals surface area contributed by atoms with E-state index in [4.69, 9.17) is 16.3 Å². The Morgan fingerprint density at radius 2 is 1.95 bits per heavy atom. The van der Waals surface area contributed by atoms with Gasteiger partial charge in [-0.25, -0.2) is 4.79 Å². The van der Waals surface area contributed by atoms with Gasteiger partial charge in [-0.1, -0.05) is 36.7 Å². The third-order valence-corrected chi connectivity index (χ3v) is 4.89. The number of hydrogen-bond donors (Lipinski definition) is 1. The van der Waals surface area contributed by atoms with E-state index in [-0.39, 0.29) is 17.1 Å². The average molecular weight is 317 g/mol. The lowest BCUT2D eigenvalue weighted by Crippen LogP contribution is -2.06. The third-order valence-electron chi connectivity index (χ3n) is 4.56. The first kappa shape index (κ1) is 14.9. The number of methoxy groups -OCH3 is 1. The number of rotatable bonds is 3. The van der Waals surface area contributed by atoms with Gasteiger partial charge in [-0.3, -0.25) is 0 Å². The highest BCUT2D eigenvalue weighted by atomic mass is 35.5. The maximum absolute atomic E-state index is 11.5. The van der Waals surface area contributed by atoms with Crippen LogP contribution in [-0.4, -0.2) is 18.2 Å². The Kier molecular flexibility index (Phi) is 3.61. The van der Waals surface area contributed by atoms with Crippen molar-refractivity contribution in [2.24, 2.45) is 0 Å². The van der Waals surface area contributed by atoms with Gasteiger partial charge in [-0.2, -0.15) is 0 Å². The van der Waals surface area contributed by atoms with Gasteiger partial charge in [0.1, 0.15) is 5.75 Å². The van der Waals surface area contributed by atoms with Crippen LogP contribution in [0.4, 0.5) is 0 Å². The summed E-state index contributed by atoms with van der Waals surface area (Å²) >= 11 is 6.24. The van der Waals surface area contributed by atoms with Gasteiger partial charge in [0.25, 0.3) is 0 Å². The van der Waals surface area contributed by atoms with Gasteiger partial charge in [0.05, 0.1) is 12.7 Å². The van der Waals surface area contributed by atoms with Crippen molar-refractivity contribution in [1.29, 1.82) is 0 Å². The molecule has 1 saturated carbocycles. The van der Waals surface area contributed by atoms with Crippen LogP contribution in [0.3, 0.4) is 0 Å². The van der Waals surface area contributed by atoms with Crippen LogP contribution in [0.1, 0.15) is 40.7 Å². The number of carbonyl (C=O) groups is 1. The average Bonchev–Trinajstić information content (AvgIpc) is 3.19. The molecule has 0 spiro atoms. The third kappa shape index (κ3) is 2.46. The Labute approximate surface area is 134 Å². The molecule has 0 aliphatic heterocycles. The Morgan fingerprint density at radius 1 is 1.27 bits per heavy atom. The number of halogens is 1. The molecule has 114 valence electrons. The zero-order chi connectivity index (χ0) is 15.9. The molecule has 2 unspecified atom stereocenters. The summed E-state index contributed by atoms with van der Waals surface area (Å²) in [6, 6.07) is 12.7. The monoisotopic (exact) mass is 316 g/mol. The molecular weight excluding hydrogens is 300 g/mol. The van der Waals surface area contributed by atoms with Crippen LogP contribution in [0.15, 0.2) is 42.5 Å². The predicted molar refractivity (Wildman–Crippen MR) is 85.6 cm³/mol. The minimum atomic E-state index is -0.328. The molecule has 2 aromatic carbocycles. The van der Waals surface area contributed by atoms with Gasteiger partial charge >= 0.3 is 5.97 Å². The molecule has 1 N–H and O–H groups in total. The summed E-state index contributed by atoms with van der Waals surface area (Å²) in [6.07, 6.45) is 0.995. The highest BCUT2D eigenvalue weighted by Crippen LogP contribution is 2.61. The summed E-state index contributed by atoms with van der Waals surface area (Å²) in [4.78, 5) is 11.5. The topological polar surface area (TPSA) is 46.5 Å². The highest BCUT2D eigenvalue weighted by Gasteiger charge is 2.52. The molecular formula is C18H17ClO3. The molecule has 0 amide bonds. The molecule has 0 bridgehead atoms. The van der Waals surface area contributed by atoms with Crippen molar-refractivity contribution in [2.75, 3.05) is 7.11 Å². The SMILES string of the molecule is COC(=O)c1ccc(C2(C)CC2c2ccc(O)cc2Cl)cc1. The molecule has 1 aliphatic carbocycles. The number of aromatic hydroxyl groups is 1. The van der Waals surface area contributed by atoms with Crippen LogP contribution in [0.2, 0.25) is 5.02 Å². The standard InChI is InChI=1S/C18H17ClO3/c1-18(12-5-3-11(4-6-12)17(21)22-2)10-15(18)14-8-7-13(20)9-16(14)19/h3-9,15,20H,10H2,1-2H3. The molecule has 4 heteroatoms. The van der Waals surface area contributed by atoms with Crippen molar-refractivity contribution in [1.82, 2.24) is 0 Å². The summed E-state index contributed by atoms with van der Waals surface area (Å²) < 4.78 is 4.71. The number of carbonyl (C=O) groups excluding carboxylic acids is 1. The molecule has 3 rings (SSSR count). The highest BCUT2D eigenvalue weighted by molar-refractivity contribution is 6.31. The molecule has 0 heterocycles. The summed E-state index contributed by atoms with van der Waals surface area (Å²) in [6.45, 7) is 2.19. The van der Waals surface area contributed by atoms with Gasteiger partial charge in [-0.15, -0.1) is 0 Å². The molecule has 1 fully saturated rings. The van der Waals surface area contributed by atoms with E-state index < -0.39 is 0 Å². The minimum Gasteiger partial charge on any atom is -0.508 e. The maximum atomic E-state index is 11.5. The van der Waals surface area contributed by atoms with E-state index in [2.05, 4.69) is 6.92 Å². The first-order chi connectivity index (χ1) is 10.5. The maximum Gasteiger partial charge on any atom is 0.337 e. The molecule has 3 nitrogen and oxygen atoms in total. The van der Waals surface area contributed by atoms with Crippen LogP contribution >= 0.6 is 11.6 Å². The van der Waals surface area contributed by atoms with Crippen molar-refractivity contribution in [3.63, 3.8) is 0 Å². The molecule has 2 atom stereocenters. The van der Waals surface area contributed by atoms with E-state index >= 15 is 0 Å². The van der Waals surface area contributed by atoms with Crippen molar-refractivity contribution < 1.29 is 14.6 Å². The quantitative estimate of drug-likeness (QED) is 0.860. The van der Waals surface area contributed by atoms with E-state index in [0.717, 1.165) is 12.0 Å². The van der Waals surface area contributed by atoms with Gasteiger partial charge in [0.15, 0.2) is 0 Å². The Morgan fingerprint density at radius 3 is 2.55 bits per heavy atom. The summed E-state index contributed by atoms with van der Waals surface area (Å²) in [5.74, 6) is 0.175. The van der Waals surface area contributed by atoms with Crippen LogP contribution in [0.5, 0.6) is 5.75 Å².